The zero-order chi connectivity index (χ0) is 23.6. The van der Waals surface area contributed by atoms with E-state index in [2.05, 4.69) is 5.32 Å². The zero-order valence-corrected chi connectivity index (χ0v) is 18.3. The van der Waals surface area contributed by atoms with E-state index >= 15 is 0 Å². The number of rotatable bonds is 9. The van der Waals surface area contributed by atoms with E-state index in [4.69, 9.17) is 14.2 Å². The Balaban J connectivity index is 1.73. The van der Waals surface area contributed by atoms with Crippen LogP contribution in [0.5, 0.6) is 17.2 Å². The van der Waals surface area contributed by atoms with Gasteiger partial charge < -0.3 is 19.5 Å². The standard InChI is InChI=1S/C26H23FN2O4/c1-31-22-12-11-19(25(14-22)32-2)16-29-26(30)21(15-28)13-18-7-4-6-10-24(18)33-17-20-8-3-5-9-23(20)27/h3-14H,16-17H2,1-2H3,(H,29,30)/b21-13+. The van der Waals surface area contributed by atoms with E-state index in [0.29, 0.717) is 28.4 Å². The molecule has 3 aromatic rings. The number of nitrogens with one attached hydrogen (secondary N) is 1. The van der Waals surface area contributed by atoms with Crippen LogP contribution in [0.3, 0.4) is 0 Å². The van der Waals surface area contributed by atoms with Crippen LogP contribution in [0.4, 0.5) is 4.39 Å². The molecule has 0 atom stereocenters. The van der Waals surface area contributed by atoms with Crippen LogP contribution in [0, 0.1) is 17.1 Å². The maximum Gasteiger partial charge on any atom is 0.262 e. The fourth-order valence-electron chi connectivity index (χ4n) is 3.07. The van der Waals surface area contributed by atoms with Gasteiger partial charge in [-0.25, -0.2) is 4.39 Å². The molecule has 0 heterocycles. The molecule has 0 aromatic heterocycles. The minimum absolute atomic E-state index is 0.0167. The number of carbonyl (C=O) groups is 1. The van der Waals surface area contributed by atoms with E-state index in [1.807, 2.05) is 6.07 Å². The average molecular weight is 446 g/mol. The largest absolute Gasteiger partial charge is 0.497 e. The summed E-state index contributed by atoms with van der Waals surface area (Å²) >= 11 is 0. The summed E-state index contributed by atoms with van der Waals surface area (Å²) in [5.74, 6) is 0.713. The lowest BCUT2D eigenvalue weighted by molar-refractivity contribution is -0.117. The van der Waals surface area contributed by atoms with E-state index < -0.39 is 5.91 Å². The van der Waals surface area contributed by atoms with Crippen molar-refractivity contribution in [3.63, 3.8) is 0 Å². The van der Waals surface area contributed by atoms with Crippen LogP contribution >= 0.6 is 0 Å². The molecule has 33 heavy (non-hydrogen) atoms. The minimum Gasteiger partial charge on any atom is -0.497 e. The minimum atomic E-state index is -0.542. The molecule has 0 spiro atoms. The highest BCUT2D eigenvalue weighted by Gasteiger charge is 2.13. The van der Waals surface area contributed by atoms with E-state index in [1.165, 1.54) is 19.3 Å². The predicted molar refractivity (Wildman–Crippen MR) is 122 cm³/mol. The number of nitrogens with zero attached hydrogens (tertiary/aromatic N) is 1. The van der Waals surface area contributed by atoms with Crippen LogP contribution in [-0.4, -0.2) is 20.1 Å². The molecule has 1 N–H and O–H groups in total. The quantitative estimate of drug-likeness (QED) is 0.382. The van der Waals surface area contributed by atoms with Crippen LogP contribution < -0.4 is 19.5 Å². The molecule has 0 aliphatic rings. The Morgan fingerprint density at radius 3 is 2.48 bits per heavy atom. The second kappa shape index (κ2) is 11.3. The Morgan fingerprint density at radius 1 is 1.00 bits per heavy atom. The van der Waals surface area contributed by atoms with Crippen LogP contribution in [0.25, 0.3) is 6.08 Å². The van der Waals surface area contributed by atoms with Crippen molar-refractivity contribution in [2.45, 2.75) is 13.2 Å². The molecular formula is C26H23FN2O4. The van der Waals surface area contributed by atoms with E-state index in [0.717, 1.165) is 5.56 Å². The smallest absolute Gasteiger partial charge is 0.262 e. The van der Waals surface area contributed by atoms with Gasteiger partial charge in [0.1, 0.15) is 41.3 Å². The maximum absolute atomic E-state index is 13.9. The van der Waals surface area contributed by atoms with Crippen LogP contribution in [-0.2, 0) is 17.9 Å². The lowest BCUT2D eigenvalue weighted by Crippen LogP contribution is -2.24. The maximum atomic E-state index is 13.9. The van der Waals surface area contributed by atoms with Crippen molar-refractivity contribution in [2.75, 3.05) is 14.2 Å². The second-order valence-corrected chi connectivity index (χ2v) is 6.95. The summed E-state index contributed by atoms with van der Waals surface area (Å²) < 4.78 is 30.1. The molecule has 0 unspecified atom stereocenters. The normalized spacial score (nSPS) is 10.8. The van der Waals surface area contributed by atoms with Crippen molar-refractivity contribution in [1.82, 2.24) is 5.32 Å². The SMILES string of the molecule is COc1ccc(CNC(=O)/C(C#N)=C/c2ccccc2OCc2ccccc2F)c(OC)c1. The van der Waals surface area contributed by atoms with E-state index in [1.54, 1.807) is 67.8 Å². The average Bonchev–Trinajstić information content (AvgIpc) is 2.85. The number of para-hydroxylation sites is 1. The zero-order valence-electron chi connectivity index (χ0n) is 18.3. The summed E-state index contributed by atoms with van der Waals surface area (Å²) in [6.45, 7) is 0.180. The van der Waals surface area contributed by atoms with Gasteiger partial charge in [-0.3, -0.25) is 4.79 Å². The van der Waals surface area contributed by atoms with Gasteiger partial charge in [-0.05, 0) is 30.3 Å². The fraction of sp³-hybridized carbons (Fsp3) is 0.154. The molecule has 0 aliphatic carbocycles. The highest BCUT2D eigenvalue weighted by molar-refractivity contribution is 6.01. The number of halogens is 1. The Kier molecular flexibility index (Phi) is 8.03. The first kappa shape index (κ1) is 23.4. The number of ether oxygens (including phenoxy) is 3. The number of hydrogen-bond donors (Lipinski definition) is 1. The lowest BCUT2D eigenvalue weighted by atomic mass is 10.1. The summed E-state index contributed by atoms with van der Waals surface area (Å²) in [6, 6.07) is 20.4. The monoisotopic (exact) mass is 446 g/mol. The molecule has 6 nitrogen and oxygen atoms in total. The van der Waals surface area contributed by atoms with Crippen molar-refractivity contribution in [1.29, 1.82) is 5.26 Å². The molecule has 0 radical (unpaired) electrons. The van der Waals surface area contributed by atoms with Gasteiger partial charge in [0.25, 0.3) is 5.91 Å². The summed E-state index contributed by atoms with van der Waals surface area (Å²) in [5.41, 5.74) is 1.58. The van der Waals surface area contributed by atoms with Gasteiger partial charge in [0.15, 0.2) is 0 Å². The number of methoxy groups -OCH3 is 2. The Morgan fingerprint density at radius 2 is 1.76 bits per heavy atom. The van der Waals surface area contributed by atoms with Gasteiger partial charge >= 0.3 is 0 Å². The third-order valence-corrected chi connectivity index (χ3v) is 4.86. The molecule has 7 heteroatoms. The van der Waals surface area contributed by atoms with Gasteiger partial charge in [-0.2, -0.15) is 5.26 Å². The van der Waals surface area contributed by atoms with Gasteiger partial charge in [-0.15, -0.1) is 0 Å². The van der Waals surface area contributed by atoms with E-state index in [9.17, 15) is 14.4 Å². The van der Waals surface area contributed by atoms with Gasteiger partial charge in [0.2, 0.25) is 0 Å². The predicted octanol–water partition coefficient (Wildman–Crippen LogP) is 4.65. The molecular weight excluding hydrogens is 423 g/mol. The summed E-state index contributed by atoms with van der Waals surface area (Å²) in [6.07, 6.45) is 1.44. The van der Waals surface area contributed by atoms with Gasteiger partial charge in [0.05, 0.1) is 14.2 Å². The third kappa shape index (κ3) is 6.11. The summed E-state index contributed by atoms with van der Waals surface area (Å²) in [5, 5.41) is 12.3. The number of hydrogen-bond acceptors (Lipinski definition) is 5. The Labute approximate surface area is 191 Å². The topological polar surface area (TPSA) is 80.6 Å². The number of carbonyl (C=O) groups excluding carboxylic acids is 1. The number of amides is 1. The summed E-state index contributed by atoms with van der Waals surface area (Å²) in [7, 11) is 3.08. The highest BCUT2D eigenvalue weighted by Crippen LogP contribution is 2.25. The van der Waals surface area contributed by atoms with E-state index in [-0.39, 0.29) is 24.5 Å². The molecule has 0 fully saturated rings. The number of nitriles is 1. The molecule has 0 saturated carbocycles. The van der Waals surface area contributed by atoms with Gasteiger partial charge in [-0.1, -0.05) is 36.4 Å². The first-order chi connectivity index (χ1) is 16.0. The lowest BCUT2D eigenvalue weighted by Gasteiger charge is -2.12. The molecule has 168 valence electrons. The first-order valence-electron chi connectivity index (χ1n) is 10.1. The van der Waals surface area contributed by atoms with Crippen molar-refractivity contribution < 1.29 is 23.4 Å². The van der Waals surface area contributed by atoms with Crippen LogP contribution in [0.2, 0.25) is 0 Å². The van der Waals surface area contributed by atoms with Crippen LogP contribution in [0.15, 0.2) is 72.3 Å². The Bertz CT molecular complexity index is 1200. The van der Waals surface area contributed by atoms with Crippen molar-refractivity contribution in [2.24, 2.45) is 0 Å². The molecule has 3 rings (SSSR count). The fourth-order valence-corrected chi connectivity index (χ4v) is 3.07. The molecule has 0 bridgehead atoms. The Hall–Kier alpha value is -4.31. The third-order valence-electron chi connectivity index (χ3n) is 4.86. The highest BCUT2D eigenvalue weighted by atomic mass is 19.1. The molecule has 0 aliphatic heterocycles. The van der Waals surface area contributed by atoms with Crippen molar-refractivity contribution >= 4 is 12.0 Å². The molecule has 3 aromatic carbocycles. The molecule has 1 amide bonds. The second-order valence-electron chi connectivity index (χ2n) is 6.95. The van der Waals surface area contributed by atoms with Crippen LogP contribution in [0.1, 0.15) is 16.7 Å². The van der Waals surface area contributed by atoms with Crippen molar-refractivity contribution in [3.8, 4) is 23.3 Å². The van der Waals surface area contributed by atoms with Gasteiger partial charge in [0, 0.05) is 29.3 Å². The summed E-state index contributed by atoms with van der Waals surface area (Å²) in [4.78, 5) is 12.7. The molecule has 0 saturated heterocycles. The van der Waals surface area contributed by atoms with Crippen molar-refractivity contribution in [3.05, 3.63) is 94.8 Å². The first-order valence-corrected chi connectivity index (χ1v) is 10.1. The number of benzene rings is 3.